The molecule has 19 heavy (non-hydrogen) atoms. The van der Waals surface area contributed by atoms with Crippen molar-refractivity contribution in [3.8, 4) is 5.75 Å². The molecular weight excluding hydrogens is 251 g/mol. The van der Waals surface area contributed by atoms with Gasteiger partial charge in [-0.3, -0.25) is 9.48 Å². The molecule has 6 nitrogen and oxygen atoms in total. The largest absolute Gasteiger partial charge is 0.508 e. The fourth-order valence-corrected chi connectivity index (χ4v) is 1.57. The Morgan fingerprint density at radius 3 is 2.95 bits per heavy atom. The fraction of sp³-hybridized carbons (Fsp3) is 0.250. The van der Waals surface area contributed by atoms with Crippen LogP contribution >= 0.6 is 0 Å². The summed E-state index contributed by atoms with van der Waals surface area (Å²) in [4.78, 5) is 15.7. The molecule has 0 atom stereocenters. The molecule has 0 aliphatic carbocycles. The van der Waals surface area contributed by atoms with E-state index in [0.29, 0.717) is 18.8 Å². The number of amides is 1. The molecule has 0 spiro atoms. The molecule has 1 aromatic heterocycles. The van der Waals surface area contributed by atoms with E-state index in [9.17, 15) is 9.18 Å². The number of carbonyl (C=O) groups excluding carboxylic acids is 1. The van der Waals surface area contributed by atoms with Gasteiger partial charge >= 0.3 is 0 Å². The minimum Gasteiger partial charge on any atom is -0.508 e. The maximum absolute atomic E-state index is 13.4. The van der Waals surface area contributed by atoms with Crippen molar-refractivity contribution in [3.63, 3.8) is 0 Å². The van der Waals surface area contributed by atoms with Gasteiger partial charge in [0.1, 0.15) is 17.9 Å². The zero-order chi connectivity index (χ0) is 13.8. The second kappa shape index (κ2) is 5.47. The van der Waals surface area contributed by atoms with Crippen molar-refractivity contribution >= 4 is 5.91 Å². The minimum atomic E-state index is -0.756. The van der Waals surface area contributed by atoms with E-state index in [0.717, 1.165) is 6.07 Å². The number of aryl methyl sites for hydroxylation is 1. The normalized spacial score (nSPS) is 10.4. The highest BCUT2D eigenvalue weighted by Gasteiger charge is 2.11. The highest BCUT2D eigenvalue weighted by molar-refractivity contribution is 5.94. The molecule has 0 bridgehead atoms. The number of phenolic OH excluding ortho intramolecular Hbond substituents is 1. The van der Waals surface area contributed by atoms with Crippen LogP contribution < -0.4 is 5.32 Å². The monoisotopic (exact) mass is 264 g/mol. The van der Waals surface area contributed by atoms with Crippen molar-refractivity contribution in [1.29, 1.82) is 0 Å². The van der Waals surface area contributed by atoms with Gasteiger partial charge in [0.05, 0.1) is 5.56 Å². The molecule has 0 radical (unpaired) electrons. The Kier molecular flexibility index (Phi) is 3.74. The van der Waals surface area contributed by atoms with Crippen LogP contribution in [0.25, 0.3) is 0 Å². The van der Waals surface area contributed by atoms with E-state index < -0.39 is 11.7 Å². The number of halogens is 1. The molecule has 0 fully saturated rings. The van der Waals surface area contributed by atoms with Crippen LogP contribution in [0.1, 0.15) is 16.2 Å². The van der Waals surface area contributed by atoms with Gasteiger partial charge in [0, 0.05) is 26.1 Å². The molecule has 2 aromatic rings. The first-order valence-electron chi connectivity index (χ1n) is 5.67. The number of hydrogen-bond acceptors (Lipinski definition) is 4. The summed E-state index contributed by atoms with van der Waals surface area (Å²) in [6.07, 6.45) is 2.03. The minimum absolute atomic E-state index is 0.105. The second-order valence-electron chi connectivity index (χ2n) is 4.00. The van der Waals surface area contributed by atoms with E-state index in [1.54, 1.807) is 18.1 Å². The topological polar surface area (TPSA) is 80.0 Å². The van der Waals surface area contributed by atoms with Gasteiger partial charge in [-0.2, -0.15) is 5.10 Å². The summed E-state index contributed by atoms with van der Waals surface area (Å²) in [5, 5.41) is 15.7. The van der Waals surface area contributed by atoms with Crippen LogP contribution in [-0.2, 0) is 13.5 Å². The number of phenols is 1. The van der Waals surface area contributed by atoms with E-state index in [1.807, 2.05) is 0 Å². The van der Waals surface area contributed by atoms with Crippen molar-refractivity contribution in [2.75, 3.05) is 6.54 Å². The Morgan fingerprint density at radius 2 is 2.32 bits per heavy atom. The first-order chi connectivity index (χ1) is 9.06. The number of hydrogen-bond donors (Lipinski definition) is 2. The number of aromatic hydroxyl groups is 1. The molecule has 7 heteroatoms. The number of nitrogens with one attached hydrogen (secondary N) is 1. The third kappa shape index (κ3) is 3.27. The number of aromatic nitrogens is 3. The molecule has 2 rings (SSSR count). The molecule has 1 heterocycles. The predicted octanol–water partition coefficient (Wildman–Crippen LogP) is 0.632. The van der Waals surface area contributed by atoms with Gasteiger partial charge in [-0.1, -0.05) is 0 Å². The van der Waals surface area contributed by atoms with E-state index in [-0.39, 0.29) is 11.3 Å². The van der Waals surface area contributed by atoms with E-state index in [2.05, 4.69) is 15.4 Å². The van der Waals surface area contributed by atoms with E-state index >= 15 is 0 Å². The quantitative estimate of drug-likeness (QED) is 0.849. The van der Waals surface area contributed by atoms with Crippen LogP contribution in [0, 0.1) is 5.82 Å². The Labute approximate surface area is 108 Å². The van der Waals surface area contributed by atoms with Crippen LogP contribution in [0.2, 0.25) is 0 Å². The lowest BCUT2D eigenvalue weighted by atomic mass is 10.2. The van der Waals surface area contributed by atoms with Gasteiger partial charge in [-0.15, -0.1) is 0 Å². The Balaban J connectivity index is 1.90. The van der Waals surface area contributed by atoms with Crippen LogP contribution in [0.3, 0.4) is 0 Å². The van der Waals surface area contributed by atoms with Crippen molar-refractivity contribution in [2.45, 2.75) is 6.42 Å². The second-order valence-corrected chi connectivity index (χ2v) is 4.00. The van der Waals surface area contributed by atoms with E-state index in [1.165, 1.54) is 12.1 Å². The third-order valence-corrected chi connectivity index (χ3v) is 2.48. The number of benzene rings is 1. The zero-order valence-corrected chi connectivity index (χ0v) is 10.3. The molecular formula is C12H13FN4O2. The average Bonchev–Trinajstić information content (AvgIpc) is 2.75. The van der Waals surface area contributed by atoms with Gasteiger partial charge in [0.25, 0.3) is 5.91 Å². The summed E-state index contributed by atoms with van der Waals surface area (Å²) >= 11 is 0. The van der Waals surface area contributed by atoms with Gasteiger partial charge < -0.3 is 10.4 Å². The van der Waals surface area contributed by atoms with Crippen LogP contribution in [0.5, 0.6) is 5.75 Å². The standard InChI is InChI=1S/C12H13FN4O2/c1-17-7-15-11(16-17)4-5-14-12(19)9-3-2-8(18)6-10(9)13/h2-3,6-7,18H,4-5H2,1H3,(H,14,19). The Hall–Kier alpha value is -2.44. The van der Waals surface area contributed by atoms with Gasteiger partial charge in [-0.05, 0) is 12.1 Å². The summed E-state index contributed by atoms with van der Waals surface area (Å²) in [6, 6.07) is 3.40. The van der Waals surface area contributed by atoms with Crippen LogP contribution in [0.4, 0.5) is 4.39 Å². The van der Waals surface area contributed by atoms with Crippen molar-refractivity contribution < 1.29 is 14.3 Å². The molecule has 0 aliphatic rings. The van der Waals surface area contributed by atoms with Gasteiger partial charge in [0.15, 0.2) is 5.82 Å². The van der Waals surface area contributed by atoms with Crippen molar-refractivity contribution in [3.05, 3.63) is 41.7 Å². The Morgan fingerprint density at radius 1 is 1.53 bits per heavy atom. The van der Waals surface area contributed by atoms with Crippen LogP contribution in [-0.4, -0.2) is 32.3 Å². The highest BCUT2D eigenvalue weighted by Crippen LogP contribution is 2.14. The number of carbonyl (C=O) groups is 1. The van der Waals surface area contributed by atoms with Crippen molar-refractivity contribution in [2.24, 2.45) is 7.05 Å². The summed E-state index contributed by atoms with van der Waals surface area (Å²) in [5.41, 5.74) is -0.105. The smallest absolute Gasteiger partial charge is 0.254 e. The maximum atomic E-state index is 13.4. The van der Waals surface area contributed by atoms with E-state index in [4.69, 9.17) is 5.11 Å². The summed E-state index contributed by atoms with van der Waals surface area (Å²) in [7, 11) is 1.75. The third-order valence-electron chi connectivity index (χ3n) is 2.48. The number of nitrogens with zero attached hydrogens (tertiary/aromatic N) is 3. The molecule has 0 aliphatic heterocycles. The molecule has 0 saturated heterocycles. The zero-order valence-electron chi connectivity index (χ0n) is 10.3. The lowest BCUT2D eigenvalue weighted by Crippen LogP contribution is -2.26. The fourth-order valence-electron chi connectivity index (χ4n) is 1.57. The molecule has 100 valence electrons. The maximum Gasteiger partial charge on any atom is 0.254 e. The lowest BCUT2D eigenvalue weighted by Gasteiger charge is -2.05. The highest BCUT2D eigenvalue weighted by atomic mass is 19.1. The molecule has 2 N–H and O–H groups in total. The predicted molar refractivity (Wildman–Crippen MR) is 65.1 cm³/mol. The molecule has 0 unspecified atom stereocenters. The SMILES string of the molecule is Cn1cnc(CCNC(=O)c2ccc(O)cc2F)n1. The van der Waals surface area contributed by atoms with Gasteiger partial charge in [0.2, 0.25) is 0 Å². The van der Waals surface area contributed by atoms with Gasteiger partial charge in [-0.25, -0.2) is 9.37 Å². The summed E-state index contributed by atoms with van der Waals surface area (Å²) in [6.45, 7) is 0.309. The first-order valence-corrected chi connectivity index (χ1v) is 5.67. The average molecular weight is 264 g/mol. The number of rotatable bonds is 4. The lowest BCUT2D eigenvalue weighted by molar-refractivity contribution is 0.0950. The Bertz CT molecular complexity index is 597. The summed E-state index contributed by atoms with van der Waals surface area (Å²) in [5.74, 6) is -0.900. The van der Waals surface area contributed by atoms with Crippen LogP contribution in [0.15, 0.2) is 24.5 Å². The van der Waals surface area contributed by atoms with Crippen molar-refractivity contribution in [1.82, 2.24) is 20.1 Å². The molecule has 1 aromatic carbocycles. The first kappa shape index (κ1) is 13.0. The molecule has 1 amide bonds. The molecule has 0 saturated carbocycles. The summed E-state index contributed by atoms with van der Waals surface area (Å²) < 4.78 is 15.0.